The Morgan fingerprint density at radius 3 is 2.10 bits per heavy atom. The van der Waals surface area contributed by atoms with Crippen LogP contribution in [0, 0.1) is 0 Å². The van der Waals surface area contributed by atoms with Crippen molar-refractivity contribution < 1.29 is 13.4 Å². The Kier molecular flexibility index (Phi) is 3.30. The maximum absolute atomic E-state index is 11.8. The molecule has 0 aliphatic heterocycles. The first kappa shape index (κ1) is 9.90. The summed E-state index contributed by atoms with van der Waals surface area (Å²) in [6, 6.07) is 0. The highest BCUT2D eigenvalue weighted by Gasteiger charge is 2.34. The molecule has 0 aromatic rings. The molecule has 0 saturated carbocycles. The van der Waals surface area contributed by atoms with E-state index in [0.29, 0.717) is 0 Å². The zero-order valence-electron chi connectivity index (χ0n) is 5.41. The molecule has 0 aliphatic rings. The fourth-order valence-electron chi connectivity index (χ4n) is 0.199. The highest BCUT2D eigenvalue weighted by molar-refractivity contribution is 9.10. The van der Waals surface area contributed by atoms with Crippen LogP contribution in [-0.2, 0) is 0 Å². The quantitative estimate of drug-likeness (QED) is 0.301. The zero-order chi connectivity index (χ0) is 8.36. The molecule has 0 saturated heterocycles. The van der Waals surface area contributed by atoms with Crippen molar-refractivity contribution in [1.82, 2.24) is 5.34 Å². The summed E-state index contributed by atoms with van der Waals surface area (Å²) in [4.78, 5) is 0. The molecule has 10 heavy (non-hydrogen) atoms. The first-order chi connectivity index (χ1) is 4.42. The van der Waals surface area contributed by atoms with Crippen molar-refractivity contribution in [1.29, 1.82) is 0 Å². The first-order valence-electron chi connectivity index (χ1n) is 2.39. The van der Waals surface area contributed by atoms with E-state index < -0.39 is 9.79 Å². The first-order valence-corrected chi connectivity index (χ1v) is 3.19. The molecule has 0 fully saturated rings. The van der Waals surface area contributed by atoms with Gasteiger partial charge in [-0.25, -0.2) is 0 Å². The molecule has 0 N–H and O–H groups in total. The van der Waals surface area contributed by atoms with Gasteiger partial charge in [-0.15, -0.1) is 0 Å². The van der Waals surface area contributed by atoms with Crippen LogP contribution in [0.4, 0.5) is 13.4 Å². The molecular weight excluding hydrogens is 213 g/mol. The number of alkyl halides is 1. The second-order valence-electron chi connectivity index (χ2n) is 1.86. The van der Waals surface area contributed by atoms with Gasteiger partial charge in [0.05, 0.1) is 5.71 Å². The summed E-state index contributed by atoms with van der Waals surface area (Å²) in [5.74, 6) is 0. The van der Waals surface area contributed by atoms with Crippen molar-refractivity contribution in [2.75, 3.05) is 0 Å². The zero-order valence-corrected chi connectivity index (χ0v) is 6.99. The van der Waals surface area contributed by atoms with E-state index in [-0.39, 0.29) is 5.71 Å². The molecule has 0 spiro atoms. The summed E-state index contributed by atoms with van der Waals surface area (Å²) in [5.41, 5.74) is -0.336. The van der Waals surface area contributed by atoms with Gasteiger partial charge in [0.1, 0.15) is 0 Å². The van der Waals surface area contributed by atoms with Crippen molar-refractivity contribution in [3.05, 3.63) is 0 Å². The van der Waals surface area contributed by atoms with Crippen LogP contribution >= 0.6 is 15.9 Å². The van der Waals surface area contributed by atoms with Gasteiger partial charge in [0.15, 0.2) is 4.45 Å². The Morgan fingerprint density at radius 1 is 1.60 bits per heavy atom. The largest absolute Gasteiger partial charge is 0.175 e. The van der Waals surface area contributed by atoms with E-state index in [2.05, 4.69) is 21.1 Å². The molecular formula is C4H6BrF3N2. The summed E-state index contributed by atoms with van der Waals surface area (Å²) < 4.78 is 33.2. The lowest BCUT2D eigenvalue weighted by atomic mass is 10.2. The van der Waals surface area contributed by atoms with Gasteiger partial charge in [-0.3, -0.25) is 0 Å². The Balaban J connectivity index is 4.40. The molecule has 0 amide bonds. The fraction of sp³-hybridized carbons (Fsp3) is 0.750. The van der Waals surface area contributed by atoms with Crippen molar-refractivity contribution in [2.45, 2.75) is 18.3 Å². The minimum absolute atomic E-state index is 0.336. The third kappa shape index (κ3) is 1.95. The van der Waals surface area contributed by atoms with Crippen molar-refractivity contribution in [2.24, 2.45) is 5.21 Å². The molecule has 0 radical (unpaired) electrons. The second kappa shape index (κ2) is 3.34. The summed E-state index contributed by atoms with van der Waals surface area (Å²) in [6.45, 7) is 2.24. The minimum atomic E-state index is -1.80. The average Bonchev–Trinajstić information content (AvgIpc) is 1.86. The van der Waals surface area contributed by atoms with E-state index in [1.165, 1.54) is 0 Å². The van der Waals surface area contributed by atoms with E-state index in [4.69, 9.17) is 0 Å². The Bertz CT molecular complexity index is 145. The number of nitrogens with zero attached hydrogens (tertiary/aromatic N) is 2. The van der Waals surface area contributed by atoms with E-state index >= 15 is 0 Å². The topological polar surface area (TPSA) is 15.6 Å². The molecule has 1 unspecified atom stereocenters. The maximum atomic E-state index is 11.8. The molecule has 0 rings (SSSR count). The van der Waals surface area contributed by atoms with Gasteiger partial charge in [0.25, 0.3) is 0 Å². The third-order valence-corrected chi connectivity index (χ3v) is 1.95. The Hall–Kier alpha value is -0.100. The summed E-state index contributed by atoms with van der Waals surface area (Å²) in [6.07, 6.45) is 0. The number of rotatable bonds is 2. The van der Waals surface area contributed by atoms with Crippen LogP contribution in [0.5, 0.6) is 0 Å². The lowest BCUT2D eigenvalue weighted by molar-refractivity contribution is -0.174. The SMILES string of the molecule is C/C(=N\F)C(C)(Br)N(F)F. The molecule has 0 aromatic carbocycles. The van der Waals surface area contributed by atoms with Gasteiger partial charge >= 0.3 is 0 Å². The predicted octanol–water partition coefficient (Wildman–Crippen LogP) is 2.51. The van der Waals surface area contributed by atoms with Gasteiger partial charge in [-0.05, 0) is 13.8 Å². The summed E-state index contributed by atoms with van der Waals surface area (Å²) in [5, 5.41) is 0.968. The Labute approximate surface area is 64.7 Å². The van der Waals surface area contributed by atoms with Crippen LogP contribution in [0.15, 0.2) is 5.21 Å². The lowest BCUT2D eigenvalue weighted by Crippen LogP contribution is -2.36. The Morgan fingerprint density at radius 2 is 2.00 bits per heavy atom. The predicted molar refractivity (Wildman–Crippen MR) is 35.6 cm³/mol. The van der Waals surface area contributed by atoms with Crippen LogP contribution in [0.25, 0.3) is 0 Å². The lowest BCUT2D eigenvalue weighted by Gasteiger charge is -2.19. The minimum Gasteiger partial charge on any atom is -0.0996 e. The molecule has 0 aromatic heterocycles. The normalized spacial score (nSPS) is 19.3. The van der Waals surface area contributed by atoms with Gasteiger partial charge in [-0.1, -0.05) is 34.6 Å². The molecule has 0 heterocycles. The highest BCUT2D eigenvalue weighted by atomic mass is 79.9. The van der Waals surface area contributed by atoms with E-state index in [0.717, 1.165) is 13.8 Å². The standard InChI is InChI=1S/C4H6BrF3N2/c1-3(9-6)4(2,5)10(7)8/h1-2H3/b9-3+. The average molecular weight is 219 g/mol. The van der Waals surface area contributed by atoms with E-state index in [9.17, 15) is 13.4 Å². The van der Waals surface area contributed by atoms with Crippen LogP contribution in [0.2, 0.25) is 0 Å². The second-order valence-corrected chi connectivity index (χ2v) is 3.40. The molecule has 60 valence electrons. The van der Waals surface area contributed by atoms with Gasteiger partial charge in [0, 0.05) is 5.34 Å². The van der Waals surface area contributed by atoms with Crippen LogP contribution < -0.4 is 0 Å². The molecule has 0 bridgehead atoms. The molecule has 2 nitrogen and oxygen atoms in total. The highest BCUT2D eigenvalue weighted by Crippen LogP contribution is 2.25. The molecule has 1 atom stereocenters. The van der Waals surface area contributed by atoms with Crippen LogP contribution in [0.3, 0.4) is 0 Å². The maximum Gasteiger partial charge on any atom is 0.175 e. The van der Waals surface area contributed by atoms with Crippen molar-refractivity contribution in [3.8, 4) is 0 Å². The van der Waals surface area contributed by atoms with E-state index in [1.54, 1.807) is 0 Å². The van der Waals surface area contributed by atoms with Gasteiger partial charge in [-0.2, -0.15) is 0 Å². The fourth-order valence-corrected chi connectivity index (χ4v) is 0.266. The van der Waals surface area contributed by atoms with Crippen molar-refractivity contribution in [3.63, 3.8) is 0 Å². The van der Waals surface area contributed by atoms with Crippen LogP contribution in [0.1, 0.15) is 13.8 Å². The summed E-state index contributed by atoms with van der Waals surface area (Å²) >= 11 is 2.58. The summed E-state index contributed by atoms with van der Waals surface area (Å²) in [7, 11) is 0. The number of hydrogen-bond donors (Lipinski definition) is 0. The van der Waals surface area contributed by atoms with Crippen LogP contribution in [-0.4, -0.2) is 15.5 Å². The molecule has 0 aliphatic carbocycles. The number of hydrogen-bond acceptors (Lipinski definition) is 2. The monoisotopic (exact) mass is 218 g/mol. The van der Waals surface area contributed by atoms with Gasteiger partial charge < -0.3 is 0 Å². The third-order valence-electron chi connectivity index (χ3n) is 1.10. The smallest absolute Gasteiger partial charge is 0.0996 e. The molecule has 6 heteroatoms. The van der Waals surface area contributed by atoms with E-state index in [1.807, 2.05) is 0 Å². The van der Waals surface area contributed by atoms with Crippen molar-refractivity contribution >= 4 is 21.6 Å². The number of halogens is 4. The van der Waals surface area contributed by atoms with Gasteiger partial charge in [0.2, 0.25) is 0 Å².